The summed E-state index contributed by atoms with van der Waals surface area (Å²) in [6.07, 6.45) is 6.78. The molecule has 1 fully saturated rings. The number of carbonyl (C=O) groups is 1. The van der Waals surface area contributed by atoms with Crippen molar-refractivity contribution in [3.63, 3.8) is 0 Å². The maximum atomic E-state index is 12.4. The molecule has 0 radical (unpaired) electrons. The van der Waals surface area contributed by atoms with Crippen molar-refractivity contribution in [3.05, 3.63) is 23.3 Å². The molecule has 0 aromatic carbocycles. The van der Waals surface area contributed by atoms with Gasteiger partial charge in [-0.05, 0) is 30.9 Å². The lowest BCUT2D eigenvalue weighted by atomic mass is 9.76. The van der Waals surface area contributed by atoms with Gasteiger partial charge in [0.2, 0.25) is 0 Å². The van der Waals surface area contributed by atoms with Crippen LogP contribution in [0.3, 0.4) is 0 Å². The Morgan fingerprint density at radius 2 is 2.29 bits per heavy atom. The Hall–Kier alpha value is -1.13. The summed E-state index contributed by atoms with van der Waals surface area (Å²) in [5.41, 5.74) is 2.88. The molecule has 21 heavy (non-hydrogen) atoms. The predicted octanol–water partition coefficient (Wildman–Crippen LogP) is 1.78. The maximum Gasteiger partial charge on any atom is 0.312 e. The molecule has 116 valence electrons. The van der Waals surface area contributed by atoms with Gasteiger partial charge < -0.3 is 15.4 Å². The molecule has 0 amide bonds. The highest BCUT2D eigenvalue weighted by atomic mass is 16.5. The Bertz CT molecular complexity index is 493. The van der Waals surface area contributed by atoms with Gasteiger partial charge in [0, 0.05) is 30.6 Å². The van der Waals surface area contributed by atoms with Crippen LogP contribution in [0.5, 0.6) is 0 Å². The molecule has 0 aromatic rings. The number of carbonyl (C=O) groups excluding carboxylic acids is 1. The number of esters is 1. The van der Waals surface area contributed by atoms with Crippen molar-refractivity contribution >= 4 is 5.97 Å². The Morgan fingerprint density at radius 3 is 3.05 bits per heavy atom. The number of hydrogen-bond acceptors (Lipinski definition) is 4. The van der Waals surface area contributed by atoms with E-state index >= 15 is 0 Å². The van der Waals surface area contributed by atoms with Crippen LogP contribution in [-0.4, -0.2) is 37.7 Å². The third-order valence-corrected chi connectivity index (χ3v) is 4.95. The lowest BCUT2D eigenvalue weighted by Crippen LogP contribution is -2.45. The first kappa shape index (κ1) is 14.8. The van der Waals surface area contributed by atoms with Gasteiger partial charge in [0.05, 0.1) is 12.5 Å². The molecule has 3 unspecified atom stereocenters. The zero-order valence-corrected chi connectivity index (χ0v) is 13.2. The number of hydrogen-bond donors (Lipinski definition) is 2. The van der Waals surface area contributed by atoms with E-state index in [-0.39, 0.29) is 23.3 Å². The first-order chi connectivity index (χ1) is 10.0. The van der Waals surface area contributed by atoms with E-state index in [9.17, 15) is 4.79 Å². The third-order valence-electron chi connectivity index (χ3n) is 4.95. The van der Waals surface area contributed by atoms with Gasteiger partial charge in [0.1, 0.15) is 0 Å². The average molecular weight is 290 g/mol. The molecule has 2 N–H and O–H groups in total. The van der Waals surface area contributed by atoms with Gasteiger partial charge in [0.15, 0.2) is 0 Å². The zero-order valence-electron chi connectivity index (χ0n) is 13.2. The van der Waals surface area contributed by atoms with Crippen LogP contribution in [0.1, 0.15) is 33.6 Å². The zero-order chi connectivity index (χ0) is 15.0. The molecule has 3 rings (SSSR count). The highest BCUT2D eigenvalue weighted by Gasteiger charge is 2.47. The molecule has 2 aliphatic heterocycles. The van der Waals surface area contributed by atoms with Crippen LogP contribution in [0.25, 0.3) is 0 Å². The van der Waals surface area contributed by atoms with Gasteiger partial charge in [-0.25, -0.2) is 0 Å². The summed E-state index contributed by atoms with van der Waals surface area (Å²) in [7, 11) is 0. The molecule has 4 heteroatoms. The van der Waals surface area contributed by atoms with E-state index in [1.54, 1.807) is 0 Å². The summed E-state index contributed by atoms with van der Waals surface area (Å²) >= 11 is 0. The quantitative estimate of drug-likeness (QED) is 0.761. The van der Waals surface area contributed by atoms with Gasteiger partial charge >= 0.3 is 5.97 Å². The van der Waals surface area contributed by atoms with E-state index in [1.165, 1.54) is 11.1 Å². The van der Waals surface area contributed by atoms with E-state index in [4.69, 9.17) is 4.74 Å². The van der Waals surface area contributed by atoms with Crippen LogP contribution in [-0.2, 0) is 9.53 Å². The fourth-order valence-corrected chi connectivity index (χ4v) is 4.03. The SMILES string of the molecule is CCOC(=O)C1CNCC(C)(C)C2=C3C=CCCC3NC21. The second-order valence-corrected chi connectivity index (χ2v) is 6.92. The maximum absolute atomic E-state index is 12.4. The van der Waals surface area contributed by atoms with E-state index in [1.807, 2.05) is 6.92 Å². The molecule has 0 spiro atoms. The Balaban J connectivity index is 2.00. The van der Waals surface area contributed by atoms with Gasteiger partial charge in [-0.3, -0.25) is 4.79 Å². The number of fused-ring (bicyclic) bond motifs is 2. The van der Waals surface area contributed by atoms with Crippen LogP contribution in [0, 0.1) is 11.3 Å². The Labute approximate surface area is 127 Å². The summed E-state index contributed by atoms with van der Waals surface area (Å²) < 4.78 is 5.31. The summed E-state index contributed by atoms with van der Waals surface area (Å²) in [5, 5.41) is 7.17. The van der Waals surface area contributed by atoms with E-state index in [2.05, 4.69) is 36.6 Å². The minimum absolute atomic E-state index is 0.0602. The van der Waals surface area contributed by atoms with Crippen molar-refractivity contribution in [2.75, 3.05) is 19.7 Å². The molecule has 1 aliphatic carbocycles. The van der Waals surface area contributed by atoms with Gasteiger partial charge in [0.25, 0.3) is 0 Å². The second kappa shape index (κ2) is 5.58. The fraction of sp³-hybridized carbons (Fsp3) is 0.706. The molecule has 0 bridgehead atoms. The van der Waals surface area contributed by atoms with Crippen LogP contribution < -0.4 is 10.6 Å². The van der Waals surface area contributed by atoms with Crippen molar-refractivity contribution in [2.24, 2.45) is 11.3 Å². The largest absolute Gasteiger partial charge is 0.466 e. The highest BCUT2D eigenvalue weighted by molar-refractivity contribution is 5.75. The van der Waals surface area contributed by atoms with Crippen molar-refractivity contribution in [1.82, 2.24) is 10.6 Å². The summed E-state index contributed by atoms with van der Waals surface area (Å²) in [6, 6.07) is 0.515. The molecule has 3 aliphatic rings. The third kappa shape index (κ3) is 2.55. The first-order valence-corrected chi connectivity index (χ1v) is 8.09. The smallest absolute Gasteiger partial charge is 0.312 e. The van der Waals surface area contributed by atoms with Crippen molar-refractivity contribution in [2.45, 2.75) is 45.7 Å². The topological polar surface area (TPSA) is 50.4 Å². The van der Waals surface area contributed by atoms with Crippen LogP contribution in [0.15, 0.2) is 23.3 Å². The number of allylic oxidation sites excluding steroid dienone is 1. The second-order valence-electron chi connectivity index (χ2n) is 6.92. The lowest BCUT2D eigenvalue weighted by molar-refractivity contribution is -0.148. The highest BCUT2D eigenvalue weighted by Crippen LogP contribution is 2.43. The van der Waals surface area contributed by atoms with E-state index in [0.29, 0.717) is 19.2 Å². The molecular weight excluding hydrogens is 264 g/mol. The Morgan fingerprint density at radius 1 is 1.48 bits per heavy atom. The molecule has 0 saturated carbocycles. The first-order valence-electron chi connectivity index (χ1n) is 8.09. The van der Waals surface area contributed by atoms with Crippen molar-refractivity contribution in [3.8, 4) is 0 Å². The van der Waals surface area contributed by atoms with Crippen molar-refractivity contribution in [1.29, 1.82) is 0 Å². The molecule has 3 atom stereocenters. The number of rotatable bonds is 2. The molecule has 4 nitrogen and oxygen atoms in total. The lowest BCUT2D eigenvalue weighted by Gasteiger charge is -2.30. The van der Waals surface area contributed by atoms with E-state index < -0.39 is 0 Å². The average Bonchev–Trinajstić information content (AvgIpc) is 2.77. The normalized spacial score (nSPS) is 34.1. The standard InChI is InChI=1S/C17H26N2O2/c1-4-21-16(20)12-9-18-10-17(2,3)14-11-7-5-6-8-13(11)19-15(12)14/h5,7,12-13,15,18-19H,4,6,8-10H2,1-3H3. The summed E-state index contributed by atoms with van der Waals surface area (Å²) in [4.78, 5) is 12.4. The van der Waals surface area contributed by atoms with Crippen LogP contribution in [0.4, 0.5) is 0 Å². The van der Waals surface area contributed by atoms with Crippen LogP contribution in [0.2, 0.25) is 0 Å². The van der Waals surface area contributed by atoms with Crippen LogP contribution >= 0.6 is 0 Å². The van der Waals surface area contributed by atoms with Gasteiger partial charge in [-0.2, -0.15) is 0 Å². The number of ether oxygens (including phenoxy) is 1. The molecule has 2 heterocycles. The van der Waals surface area contributed by atoms with Gasteiger partial charge in [-0.15, -0.1) is 0 Å². The van der Waals surface area contributed by atoms with E-state index in [0.717, 1.165) is 19.4 Å². The minimum atomic E-state index is -0.131. The van der Waals surface area contributed by atoms with Crippen molar-refractivity contribution < 1.29 is 9.53 Å². The fourth-order valence-electron chi connectivity index (χ4n) is 4.03. The van der Waals surface area contributed by atoms with Gasteiger partial charge in [-0.1, -0.05) is 26.0 Å². The molecular formula is C17H26N2O2. The number of nitrogens with one attached hydrogen (secondary N) is 2. The summed E-state index contributed by atoms with van der Waals surface area (Å²) in [5.74, 6) is -0.214. The molecule has 0 aromatic heterocycles. The Kier molecular flexibility index (Phi) is 3.93. The monoisotopic (exact) mass is 290 g/mol. The summed E-state index contributed by atoms with van der Waals surface area (Å²) in [6.45, 7) is 8.45. The predicted molar refractivity (Wildman–Crippen MR) is 82.9 cm³/mol. The minimum Gasteiger partial charge on any atom is -0.466 e. The molecule has 1 saturated heterocycles.